The number of ether oxygens (including phenoxy) is 2. The van der Waals surface area contributed by atoms with E-state index in [-0.39, 0.29) is 22.9 Å². The molecule has 0 spiro atoms. The van der Waals surface area contributed by atoms with Gasteiger partial charge in [0.15, 0.2) is 0 Å². The Balaban J connectivity index is 2.77. The molecule has 0 fully saturated rings. The first-order chi connectivity index (χ1) is 12.5. The molecule has 0 aromatic carbocycles. The normalized spacial score (nSPS) is 17.6. The average Bonchev–Trinajstić information content (AvgIpc) is 2.95. The third-order valence-corrected chi connectivity index (χ3v) is 5.31. The van der Waals surface area contributed by atoms with Crippen molar-refractivity contribution < 1.29 is 27.5 Å². The lowest BCUT2D eigenvalue weighted by Gasteiger charge is -2.30. The van der Waals surface area contributed by atoms with Gasteiger partial charge in [0, 0.05) is 24.7 Å². The number of rotatable bonds is 5. The number of imidazole rings is 1. The lowest BCUT2D eigenvalue weighted by molar-refractivity contribution is -0.139. The van der Waals surface area contributed by atoms with Gasteiger partial charge in [-0.05, 0) is 20.8 Å². The van der Waals surface area contributed by atoms with E-state index in [9.17, 15) is 18.0 Å². The molecule has 1 aromatic rings. The van der Waals surface area contributed by atoms with Gasteiger partial charge in [-0.25, -0.2) is 23.0 Å². The standard InChI is InChI=1S/C17H23N3O6S/c1-7-26-16(22)13-10(3)19-9(2)12(15(21)25-5)14(13)11-8-18-17(20(11)4)27(6,23)24/h8,14,19H,7H2,1-6H3. The van der Waals surface area contributed by atoms with Gasteiger partial charge in [0.1, 0.15) is 0 Å². The summed E-state index contributed by atoms with van der Waals surface area (Å²) in [5.41, 5.74) is 1.75. The van der Waals surface area contributed by atoms with Crippen LogP contribution in [0.5, 0.6) is 0 Å². The van der Waals surface area contributed by atoms with E-state index in [2.05, 4.69) is 10.3 Å². The summed E-state index contributed by atoms with van der Waals surface area (Å²) in [6, 6.07) is 0. The number of aromatic nitrogens is 2. The van der Waals surface area contributed by atoms with Crippen LogP contribution < -0.4 is 5.32 Å². The molecule has 1 N–H and O–H groups in total. The predicted octanol–water partition coefficient (Wildman–Crippen LogP) is 0.794. The van der Waals surface area contributed by atoms with Crippen molar-refractivity contribution >= 4 is 21.8 Å². The van der Waals surface area contributed by atoms with Crippen LogP contribution in [-0.2, 0) is 35.9 Å². The smallest absolute Gasteiger partial charge is 0.336 e. The van der Waals surface area contributed by atoms with Crippen LogP contribution in [0.2, 0.25) is 0 Å². The van der Waals surface area contributed by atoms with Gasteiger partial charge < -0.3 is 19.4 Å². The minimum absolute atomic E-state index is 0.151. The fourth-order valence-corrected chi connectivity index (χ4v) is 4.01. The molecule has 10 heteroatoms. The largest absolute Gasteiger partial charge is 0.466 e. The number of hydrogen-bond acceptors (Lipinski definition) is 8. The average molecular weight is 397 g/mol. The molecular weight excluding hydrogens is 374 g/mol. The topological polar surface area (TPSA) is 117 Å². The Kier molecular flexibility index (Phi) is 5.79. The third kappa shape index (κ3) is 3.75. The minimum Gasteiger partial charge on any atom is -0.466 e. The summed E-state index contributed by atoms with van der Waals surface area (Å²) in [6.07, 6.45) is 2.38. The Morgan fingerprint density at radius 1 is 1.22 bits per heavy atom. The molecule has 0 saturated heterocycles. The maximum atomic E-state index is 12.6. The van der Waals surface area contributed by atoms with Crippen LogP contribution in [0.4, 0.5) is 0 Å². The molecule has 1 aliphatic heterocycles. The highest BCUT2D eigenvalue weighted by Gasteiger charge is 2.40. The number of nitrogens with one attached hydrogen (secondary N) is 1. The van der Waals surface area contributed by atoms with Crippen molar-refractivity contribution in [2.75, 3.05) is 20.0 Å². The third-order valence-electron chi connectivity index (χ3n) is 4.27. The molecule has 0 radical (unpaired) electrons. The first kappa shape index (κ1) is 20.7. The summed E-state index contributed by atoms with van der Waals surface area (Å²) in [5.74, 6) is -2.13. The number of carbonyl (C=O) groups excluding carboxylic acids is 2. The van der Waals surface area contributed by atoms with Crippen LogP contribution in [0.1, 0.15) is 32.4 Å². The highest BCUT2D eigenvalue weighted by atomic mass is 32.2. The maximum Gasteiger partial charge on any atom is 0.336 e. The Bertz CT molecular complexity index is 955. The van der Waals surface area contributed by atoms with Crippen molar-refractivity contribution in [3.63, 3.8) is 0 Å². The number of hydrogen-bond donors (Lipinski definition) is 1. The number of methoxy groups -OCH3 is 1. The van der Waals surface area contributed by atoms with Crippen molar-refractivity contribution in [2.24, 2.45) is 7.05 Å². The Morgan fingerprint density at radius 2 is 1.78 bits per heavy atom. The van der Waals surface area contributed by atoms with Gasteiger partial charge in [0.2, 0.25) is 15.0 Å². The Morgan fingerprint density at radius 3 is 2.22 bits per heavy atom. The molecule has 1 aliphatic rings. The second-order valence-electron chi connectivity index (χ2n) is 6.14. The highest BCUT2D eigenvalue weighted by molar-refractivity contribution is 7.90. The zero-order chi connectivity index (χ0) is 20.5. The Labute approximate surface area is 158 Å². The van der Waals surface area contributed by atoms with Crippen LogP contribution in [0.15, 0.2) is 33.9 Å². The number of dihydropyridines is 1. The van der Waals surface area contributed by atoms with E-state index in [0.717, 1.165) is 6.26 Å². The van der Waals surface area contributed by atoms with Gasteiger partial charge in [0.25, 0.3) is 0 Å². The summed E-state index contributed by atoms with van der Waals surface area (Å²) in [4.78, 5) is 29.1. The molecular formula is C17H23N3O6S. The van der Waals surface area contributed by atoms with E-state index >= 15 is 0 Å². The molecule has 9 nitrogen and oxygen atoms in total. The van der Waals surface area contributed by atoms with Gasteiger partial charge in [0.05, 0.1) is 42.7 Å². The molecule has 27 heavy (non-hydrogen) atoms. The van der Waals surface area contributed by atoms with Crippen LogP contribution in [-0.4, -0.2) is 49.9 Å². The number of carbonyl (C=O) groups is 2. The SMILES string of the molecule is CCOC(=O)C1=C(C)NC(C)=C(C(=O)OC)C1c1cnc(S(C)(=O)=O)n1C. The molecule has 0 aliphatic carbocycles. The van der Waals surface area contributed by atoms with Gasteiger partial charge >= 0.3 is 11.9 Å². The van der Waals surface area contributed by atoms with E-state index < -0.39 is 27.7 Å². The van der Waals surface area contributed by atoms with Crippen LogP contribution in [0.3, 0.4) is 0 Å². The first-order valence-electron chi connectivity index (χ1n) is 8.20. The van der Waals surface area contributed by atoms with Gasteiger partial charge in [-0.3, -0.25) is 0 Å². The van der Waals surface area contributed by atoms with Gasteiger partial charge in [-0.2, -0.15) is 0 Å². The molecule has 148 valence electrons. The number of nitrogens with zero attached hydrogens (tertiary/aromatic N) is 2. The zero-order valence-electron chi connectivity index (χ0n) is 16.1. The van der Waals surface area contributed by atoms with Gasteiger partial charge in [-0.1, -0.05) is 0 Å². The molecule has 2 rings (SSSR count). The van der Waals surface area contributed by atoms with Crippen molar-refractivity contribution in [3.8, 4) is 0 Å². The van der Waals surface area contributed by atoms with Crippen molar-refractivity contribution in [1.82, 2.24) is 14.9 Å². The molecule has 0 amide bonds. The minimum atomic E-state index is -3.60. The summed E-state index contributed by atoms with van der Waals surface area (Å²) in [6.45, 7) is 5.19. The first-order valence-corrected chi connectivity index (χ1v) is 10.1. The fraction of sp³-hybridized carbons (Fsp3) is 0.471. The van der Waals surface area contributed by atoms with E-state index in [1.165, 1.54) is 24.9 Å². The highest BCUT2D eigenvalue weighted by Crippen LogP contribution is 2.39. The van der Waals surface area contributed by atoms with Gasteiger partial charge in [-0.15, -0.1) is 0 Å². The Hall–Kier alpha value is -2.62. The van der Waals surface area contributed by atoms with E-state index in [0.29, 0.717) is 17.1 Å². The summed E-state index contributed by atoms with van der Waals surface area (Å²) < 4.78 is 35.3. The van der Waals surface area contributed by atoms with Crippen molar-refractivity contribution in [2.45, 2.75) is 31.8 Å². The van der Waals surface area contributed by atoms with Crippen LogP contribution >= 0.6 is 0 Å². The molecule has 1 unspecified atom stereocenters. The second-order valence-corrected chi connectivity index (χ2v) is 8.05. The van der Waals surface area contributed by atoms with E-state index in [4.69, 9.17) is 9.47 Å². The molecule has 1 aromatic heterocycles. The quantitative estimate of drug-likeness (QED) is 0.725. The number of sulfone groups is 1. The molecule has 2 heterocycles. The predicted molar refractivity (Wildman–Crippen MR) is 96.2 cm³/mol. The van der Waals surface area contributed by atoms with Crippen LogP contribution in [0, 0.1) is 0 Å². The summed E-state index contributed by atoms with van der Waals surface area (Å²) in [5, 5.41) is 2.83. The molecule has 0 saturated carbocycles. The fourth-order valence-electron chi connectivity index (χ4n) is 3.17. The number of esters is 2. The monoisotopic (exact) mass is 397 g/mol. The van der Waals surface area contributed by atoms with Crippen molar-refractivity contribution in [1.29, 1.82) is 0 Å². The maximum absolute atomic E-state index is 12.6. The van der Waals surface area contributed by atoms with Crippen molar-refractivity contribution in [3.05, 3.63) is 34.4 Å². The lowest BCUT2D eigenvalue weighted by Crippen LogP contribution is -2.33. The molecule has 0 bridgehead atoms. The lowest BCUT2D eigenvalue weighted by atomic mass is 9.83. The zero-order valence-corrected chi connectivity index (χ0v) is 16.9. The van der Waals surface area contributed by atoms with Crippen LogP contribution in [0.25, 0.3) is 0 Å². The van der Waals surface area contributed by atoms with E-state index in [1.807, 2.05) is 0 Å². The second kappa shape index (κ2) is 7.55. The molecule has 1 atom stereocenters. The summed E-state index contributed by atoms with van der Waals surface area (Å²) >= 11 is 0. The number of allylic oxidation sites excluding steroid dienone is 2. The van der Waals surface area contributed by atoms with E-state index in [1.54, 1.807) is 20.8 Å². The summed E-state index contributed by atoms with van der Waals surface area (Å²) in [7, 11) is -0.845.